The van der Waals surface area contributed by atoms with Crippen molar-refractivity contribution < 1.29 is 49.0 Å². The van der Waals surface area contributed by atoms with Gasteiger partial charge in [0, 0.05) is 37.2 Å². The summed E-state index contributed by atoms with van der Waals surface area (Å²) < 4.78 is 23.4. The van der Waals surface area contributed by atoms with Gasteiger partial charge in [-0.05, 0) is 33.6 Å². The van der Waals surface area contributed by atoms with Crippen molar-refractivity contribution in [2.75, 3.05) is 7.11 Å². The van der Waals surface area contributed by atoms with Crippen molar-refractivity contribution in [1.82, 2.24) is 0 Å². The lowest BCUT2D eigenvalue weighted by Gasteiger charge is -2.43. The van der Waals surface area contributed by atoms with Crippen molar-refractivity contribution in [1.29, 1.82) is 0 Å². The van der Waals surface area contributed by atoms with E-state index in [0.717, 1.165) is 0 Å². The van der Waals surface area contributed by atoms with Crippen molar-refractivity contribution in [3.8, 4) is 0 Å². The average molecular weight is 547 g/mol. The first kappa shape index (κ1) is 33.1. The standard InChI is InChI=1S/C28H50O10/c1-10-19-14(3)23(30)15(4)22(29)13(2)12-28(8,34)26(32)16(5)25(17(6)27(33)37-19)38-21-11-20(35-9)24(31)18(7)36-21/h13-21,23-26,30-32,34H,10-12H2,1-9H3. The van der Waals surface area contributed by atoms with Crippen LogP contribution in [0.15, 0.2) is 0 Å². The predicted molar refractivity (Wildman–Crippen MR) is 139 cm³/mol. The number of ketones is 1. The van der Waals surface area contributed by atoms with Crippen LogP contribution in [0.5, 0.6) is 0 Å². The van der Waals surface area contributed by atoms with Gasteiger partial charge >= 0.3 is 5.97 Å². The van der Waals surface area contributed by atoms with E-state index in [9.17, 15) is 30.0 Å². The Hall–Kier alpha value is -1.14. The molecule has 2 fully saturated rings. The van der Waals surface area contributed by atoms with E-state index in [4.69, 9.17) is 18.9 Å². The van der Waals surface area contributed by atoms with Gasteiger partial charge in [-0.3, -0.25) is 9.59 Å². The van der Waals surface area contributed by atoms with Gasteiger partial charge in [0.2, 0.25) is 0 Å². The molecule has 0 radical (unpaired) electrons. The summed E-state index contributed by atoms with van der Waals surface area (Å²) in [5.41, 5.74) is -1.70. The number of aliphatic hydroxyl groups is 4. The summed E-state index contributed by atoms with van der Waals surface area (Å²) in [6.45, 7) is 13.4. The first-order chi connectivity index (χ1) is 17.6. The Morgan fingerprint density at radius 1 is 0.974 bits per heavy atom. The third kappa shape index (κ3) is 7.33. The molecule has 14 unspecified atom stereocenters. The Morgan fingerprint density at radius 2 is 1.58 bits per heavy atom. The summed E-state index contributed by atoms with van der Waals surface area (Å²) >= 11 is 0. The van der Waals surface area contributed by atoms with Gasteiger partial charge < -0.3 is 39.4 Å². The fourth-order valence-electron chi connectivity index (χ4n) is 6.04. The minimum Gasteiger partial charge on any atom is -0.462 e. The third-order valence-corrected chi connectivity index (χ3v) is 8.74. The Balaban J connectivity index is 2.47. The minimum atomic E-state index is -1.70. The van der Waals surface area contributed by atoms with Crippen LogP contribution in [0.2, 0.25) is 0 Å². The number of aliphatic hydroxyl groups excluding tert-OH is 3. The molecule has 0 aromatic carbocycles. The van der Waals surface area contributed by atoms with E-state index in [1.807, 2.05) is 6.92 Å². The predicted octanol–water partition coefficient (Wildman–Crippen LogP) is 1.83. The van der Waals surface area contributed by atoms with Crippen molar-refractivity contribution >= 4 is 11.8 Å². The molecular formula is C28H50O10. The molecule has 222 valence electrons. The van der Waals surface area contributed by atoms with Gasteiger partial charge in [-0.1, -0.05) is 34.6 Å². The zero-order chi connectivity index (χ0) is 29.1. The Morgan fingerprint density at radius 3 is 2.13 bits per heavy atom. The third-order valence-electron chi connectivity index (χ3n) is 8.74. The Labute approximate surface area is 227 Å². The van der Waals surface area contributed by atoms with Gasteiger partial charge in [0.25, 0.3) is 0 Å². The van der Waals surface area contributed by atoms with Crippen LogP contribution >= 0.6 is 0 Å². The highest BCUT2D eigenvalue weighted by atomic mass is 16.7. The topological polar surface area (TPSA) is 152 Å². The molecule has 2 heterocycles. The van der Waals surface area contributed by atoms with Crippen LogP contribution in [0.4, 0.5) is 0 Å². The van der Waals surface area contributed by atoms with Gasteiger partial charge in [0.05, 0.1) is 42.0 Å². The number of carbonyl (C=O) groups excluding carboxylic acids is 2. The average Bonchev–Trinajstić information content (AvgIpc) is 2.88. The Kier molecular flexibility index (Phi) is 11.7. The maximum atomic E-state index is 13.4. The lowest BCUT2D eigenvalue weighted by atomic mass is 9.75. The second-order valence-corrected chi connectivity index (χ2v) is 11.9. The van der Waals surface area contributed by atoms with Gasteiger partial charge in [-0.15, -0.1) is 0 Å². The summed E-state index contributed by atoms with van der Waals surface area (Å²) in [5.74, 6) is -4.37. The van der Waals surface area contributed by atoms with E-state index in [0.29, 0.717) is 6.42 Å². The van der Waals surface area contributed by atoms with Crippen LogP contribution in [-0.2, 0) is 28.5 Å². The van der Waals surface area contributed by atoms with E-state index in [1.165, 1.54) is 14.0 Å². The molecule has 14 atom stereocenters. The molecule has 0 amide bonds. The lowest BCUT2D eigenvalue weighted by molar-refractivity contribution is -0.278. The SMILES string of the molecule is CCC1OC(=O)C(C)C(OC2CC(OC)C(O)C(C)O2)C(C)C(O)C(C)(O)CC(C)C(=O)C(C)C(O)C1C. The molecule has 0 aromatic heterocycles. The van der Waals surface area contributed by atoms with Gasteiger partial charge in [-0.25, -0.2) is 0 Å². The number of rotatable bonds is 4. The second-order valence-electron chi connectivity index (χ2n) is 11.9. The molecule has 38 heavy (non-hydrogen) atoms. The molecule has 10 nitrogen and oxygen atoms in total. The van der Waals surface area contributed by atoms with E-state index >= 15 is 0 Å². The number of ether oxygens (including phenoxy) is 4. The summed E-state index contributed by atoms with van der Waals surface area (Å²) in [7, 11) is 1.48. The molecule has 2 saturated heterocycles. The van der Waals surface area contributed by atoms with Crippen LogP contribution in [-0.4, -0.2) is 93.9 Å². The first-order valence-corrected chi connectivity index (χ1v) is 13.9. The molecule has 2 aliphatic heterocycles. The molecule has 2 aliphatic rings. The second kappa shape index (κ2) is 13.5. The highest BCUT2D eigenvalue weighted by molar-refractivity contribution is 5.83. The van der Waals surface area contributed by atoms with Gasteiger partial charge in [0.15, 0.2) is 6.29 Å². The molecule has 0 saturated carbocycles. The highest BCUT2D eigenvalue weighted by Gasteiger charge is 2.47. The number of hydrogen-bond donors (Lipinski definition) is 4. The molecule has 2 rings (SSSR count). The minimum absolute atomic E-state index is 0.0412. The molecule has 4 N–H and O–H groups in total. The number of methoxy groups -OCH3 is 1. The number of esters is 1. The quantitative estimate of drug-likeness (QED) is 0.384. The van der Waals surface area contributed by atoms with Crippen molar-refractivity contribution in [2.24, 2.45) is 29.6 Å². The van der Waals surface area contributed by atoms with E-state index in [1.54, 1.807) is 41.5 Å². The van der Waals surface area contributed by atoms with Crippen molar-refractivity contribution in [2.45, 2.75) is 129 Å². The molecule has 0 aliphatic carbocycles. The van der Waals surface area contributed by atoms with E-state index in [-0.39, 0.29) is 18.6 Å². The van der Waals surface area contributed by atoms with Crippen molar-refractivity contribution in [3.05, 3.63) is 0 Å². The van der Waals surface area contributed by atoms with Crippen LogP contribution in [0, 0.1) is 29.6 Å². The number of hydrogen-bond acceptors (Lipinski definition) is 10. The maximum absolute atomic E-state index is 13.4. The highest BCUT2D eigenvalue weighted by Crippen LogP contribution is 2.35. The zero-order valence-corrected chi connectivity index (χ0v) is 24.4. The van der Waals surface area contributed by atoms with Gasteiger partial charge in [-0.2, -0.15) is 0 Å². The van der Waals surface area contributed by atoms with Crippen LogP contribution in [0.1, 0.15) is 74.7 Å². The molecule has 10 heteroatoms. The molecule has 0 spiro atoms. The van der Waals surface area contributed by atoms with Crippen LogP contribution < -0.4 is 0 Å². The fourth-order valence-corrected chi connectivity index (χ4v) is 6.04. The Bertz CT molecular complexity index is 788. The van der Waals surface area contributed by atoms with Crippen LogP contribution in [0.3, 0.4) is 0 Å². The van der Waals surface area contributed by atoms with Gasteiger partial charge in [0.1, 0.15) is 18.0 Å². The molecule has 0 bridgehead atoms. The smallest absolute Gasteiger partial charge is 0.311 e. The molecular weight excluding hydrogens is 496 g/mol. The zero-order valence-electron chi connectivity index (χ0n) is 24.4. The summed E-state index contributed by atoms with van der Waals surface area (Å²) in [4.78, 5) is 26.6. The summed E-state index contributed by atoms with van der Waals surface area (Å²) in [5, 5.41) is 44.0. The van der Waals surface area contributed by atoms with E-state index < -0.39 is 90.2 Å². The fraction of sp³-hybridized carbons (Fsp3) is 0.929. The molecule has 0 aromatic rings. The van der Waals surface area contributed by atoms with E-state index in [2.05, 4.69) is 0 Å². The maximum Gasteiger partial charge on any atom is 0.311 e. The number of cyclic esters (lactones) is 1. The first-order valence-electron chi connectivity index (χ1n) is 13.9. The summed E-state index contributed by atoms with van der Waals surface area (Å²) in [6.07, 6.45) is -6.27. The summed E-state index contributed by atoms with van der Waals surface area (Å²) in [6, 6.07) is 0. The number of carbonyl (C=O) groups is 2. The largest absolute Gasteiger partial charge is 0.462 e. The van der Waals surface area contributed by atoms with Crippen molar-refractivity contribution in [3.63, 3.8) is 0 Å². The lowest BCUT2D eigenvalue weighted by Crippen LogP contribution is -2.54. The van der Waals surface area contributed by atoms with Crippen LogP contribution in [0.25, 0.3) is 0 Å². The number of Topliss-reactive ketones (excluding diaryl/α,β-unsaturated/α-hetero) is 1. The monoisotopic (exact) mass is 546 g/mol. The normalized spacial score (nSPS) is 48.3.